The SMILES string of the molecule is CC(CO)CNC(=O)C=Cc1ccc(Br)o1. The highest BCUT2D eigenvalue weighted by molar-refractivity contribution is 9.10. The quantitative estimate of drug-likeness (QED) is 0.812. The van der Waals surface area contributed by atoms with Gasteiger partial charge in [-0.15, -0.1) is 0 Å². The van der Waals surface area contributed by atoms with Crippen molar-refractivity contribution in [3.63, 3.8) is 0 Å². The Labute approximate surface area is 102 Å². The summed E-state index contributed by atoms with van der Waals surface area (Å²) < 4.78 is 5.82. The molecule has 1 aromatic rings. The normalized spacial score (nSPS) is 12.9. The summed E-state index contributed by atoms with van der Waals surface area (Å²) >= 11 is 3.17. The van der Waals surface area contributed by atoms with E-state index in [1.165, 1.54) is 6.08 Å². The fourth-order valence-corrected chi connectivity index (χ4v) is 1.29. The van der Waals surface area contributed by atoms with E-state index in [2.05, 4.69) is 21.2 Å². The summed E-state index contributed by atoms with van der Waals surface area (Å²) in [6.07, 6.45) is 2.99. The van der Waals surface area contributed by atoms with Crippen molar-refractivity contribution >= 4 is 27.9 Å². The van der Waals surface area contributed by atoms with Gasteiger partial charge in [-0.05, 0) is 40.1 Å². The number of halogens is 1. The molecule has 4 nitrogen and oxygen atoms in total. The van der Waals surface area contributed by atoms with Crippen LogP contribution in [-0.4, -0.2) is 24.2 Å². The molecule has 5 heteroatoms. The van der Waals surface area contributed by atoms with Gasteiger partial charge in [0.25, 0.3) is 0 Å². The van der Waals surface area contributed by atoms with Crippen molar-refractivity contribution in [3.8, 4) is 0 Å². The van der Waals surface area contributed by atoms with Crippen LogP contribution in [0.15, 0.2) is 27.3 Å². The van der Waals surface area contributed by atoms with Crippen LogP contribution in [-0.2, 0) is 4.79 Å². The van der Waals surface area contributed by atoms with Crippen LogP contribution in [0, 0.1) is 5.92 Å². The monoisotopic (exact) mass is 287 g/mol. The summed E-state index contributed by atoms with van der Waals surface area (Å²) in [7, 11) is 0. The van der Waals surface area contributed by atoms with Crippen molar-refractivity contribution in [1.29, 1.82) is 0 Å². The molecular formula is C11H14BrNO3. The van der Waals surface area contributed by atoms with Crippen LogP contribution in [0.2, 0.25) is 0 Å². The summed E-state index contributed by atoms with van der Waals surface area (Å²) in [5.74, 6) is 0.472. The number of carbonyl (C=O) groups is 1. The average molecular weight is 288 g/mol. The van der Waals surface area contributed by atoms with Gasteiger partial charge < -0.3 is 14.8 Å². The highest BCUT2D eigenvalue weighted by atomic mass is 79.9. The molecule has 1 aromatic heterocycles. The highest BCUT2D eigenvalue weighted by Crippen LogP contribution is 2.14. The third-order valence-corrected chi connectivity index (χ3v) is 2.36. The van der Waals surface area contributed by atoms with Crippen molar-refractivity contribution in [3.05, 3.63) is 28.6 Å². The van der Waals surface area contributed by atoms with Crippen LogP contribution in [0.25, 0.3) is 6.08 Å². The number of furan rings is 1. The zero-order valence-electron chi connectivity index (χ0n) is 8.94. The topological polar surface area (TPSA) is 62.5 Å². The molecule has 0 saturated carbocycles. The van der Waals surface area contributed by atoms with E-state index >= 15 is 0 Å². The molecule has 0 spiro atoms. The minimum absolute atomic E-state index is 0.0646. The van der Waals surface area contributed by atoms with Crippen LogP contribution in [0.4, 0.5) is 0 Å². The van der Waals surface area contributed by atoms with Crippen LogP contribution < -0.4 is 5.32 Å². The number of rotatable bonds is 5. The zero-order valence-corrected chi connectivity index (χ0v) is 10.5. The van der Waals surface area contributed by atoms with E-state index in [1.807, 2.05) is 6.92 Å². The molecule has 2 N–H and O–H groups in total. The van der Waals surface area contributed by atoms with Crippen molar-refractivity contribution in [2.45, 2.75) is 6.92 Å². The predicted octanol–water partition coefficient (Wildman–Crippen LogP) is 1.80. The summed E-state index contributed by atoms with van der Waals surface area (Å²) in [5, 5.41) is 11.4. The van der Waals surface area contributed by atoms with E-state index in [0.29, 0.717) is 17.0 Å². The van der Waals surface area contributed by atoms with Gasteiger partial charge in [-0.2, -0.15) is 0 Å². The lowest BCUT2D eigenvalue weighted by Crippen LogP contribution is -2.27. The van der Waals surface area contributed by atoms with Crippen LogP contribution in [0.3, 0.4) is 0 Å². The molecule has 0 aromatic carbocycles. The number of carbonyl (C=O) groups excluding carboxylic acids is 1. The molecule has 0 aliphatic rings. The molecular weight excluding hydrogens is 274 g/mol. The molecule has 88 valence electrons. The molecule has 0 saturated heterocycles. The van der Waals surface area contributed by atoms with Gasteiger partial charge in [-0.25, -0.2) is 0 Å². The minimum Gasteiger partial charge on any atom is -0.450 e. The second kappa shape index (κ2) is 6.50. The molecule has 0 bridgehead atoms. The van der Waals surface area contributed by atoms with Crippen LogP contribution in [0.5, 0.6) is 0 Å². The van der Waals surface area contributed by atoms with Crippen molar-refractivity contribution in [2.24, 2.45) is 5.92 Å². The zero-order chi connectivity index (χ0) is 12.0. The summed E-state index contributed by atoms with van der Waals surface area (Å²) in [6.45, 7) is 2.38. The Kier molecular flexibility index (Phi) is 5.28. The molecule has 1 heterocycles. The molecule has 1 rings (SSSR count). The van der Waals surface area contributed by atoms with Crippen LogP contribution in [0.1, 0.15) is 12.7 Å². The van der Waals surface area contributed by atoms with Crippen molar-refractivity contribution < 1.29 is 14.3 Å². The largest absolute Gasteiger partial charge is 0.450 e. The smallest absolute Gasteiger partial charge is 0.244 e. The van der Waals surface area contributed by atoms with Gasteiger partial charge in [0.2, 0.25) is 5.91 Å². The van der Waals surface area contributed by atoms with E-state index in [9.17, 15) is 4.79 Å². The Morgan fingerprint density at radius 2 is 2.44 bits per heavy atom. The van der Waals surface area contributed by atoms with E-state index in [4.69, 9.17) is 9.52 Å². The molecule has 1 amide bonds. The van der Waals surface area contributed by atoms with Gasteiger partial charge in [0.1, 0.15) is 5.76 Å². The first-order valence-corrected chi connectivity index (χ1v) is 5.73. The molecule has 0 radical (unpaired) electrons. The number of amides is 1. The van der Waals surface area contributed by atoms with E-state index in [1.54, 1.807) is 18.2 Å². The Bertz CT molecular complexity index is 373. The number of hydrogen-bond donors (Lipinski definition) is 2. The van der Waals surface area contributed by atoms with Gasteiger partial charge >= 0.3 is 0 Å². The lowest BCUT2D eigenvalue weighted by Gasteiger charge is -2.06. The highest BCUT2D eigenvalue weighted by Gasteiger charge is 2.01. The maximum atomic E-state index is 11.3. The molecule has 16 heavy (non-hydrogen) atoms. The lowest BCUT2D eigenvalue weighted by atomic mass is 10.2. The average Bonchev–Trinajstić information content (AvgIpc) is 2.69. The summed E-state index contributed by atoms with van der Waals surface area (Å²) in [4.78, 5) is 11.3. The first-order chi connectivity index (χ1) is 7.61. The Morgan fingerprint density at radius 1 is 1.69 bits per heavy atom. The summed E-state index contributed by atoms with van der Waals surface area (Å²) in [5.41, 5.74) is 0. The van der Waals surface area contributed by atoms with Gasteiger partial charge in [0.05, 0.1) is 0 Å². The molecule has 1 atom stereocenters. The first-order valence-electron chi connectivity index (χ1n) is 4.94. The molecule has 0 aliphatic heterocycles. The fourth-order valence-electron chi connectivity index (χ4n) is 0.974. The maximum absolute atomic E-state index is 11.3. The second-order valence-electron chi connectivity index (χ2n) is 3.51. The van der Waals surface area contributed by atoms with Gasteiger partial charge in [0.15, 0.2) is 4.67 Å². The number of nitrogens with one attached hydrogen (secondary N) is 1. The van der Waals surface area contributed by atoms with Gasteiger partial charge in [0, 0.05) is 19.2 Å². The lowest BCUT2D eigenvalue weighted by molar-refractivity contribution is -0.116. The standard InChI is InChI=1S/C11H14BrNO3/c1-8(7-14)6-13-11(15)5-3-9-2-4-10(12)16-9/h2-5,8,14H,6-7H2,1H3,(H,13,15). The Balaban J connectivity index is 2.36. The van der Waals surface area contributed by atoms with Gasteiger partial charge in [-0.3, -0.25) is 4.79 Å². The molecule has 1 unspecified atom stereocenters. The number of aliphatic hydroxyl groups excluding tert-OH is 1. The fraction of sp³-hybridized carbons (Fsp3) is 0.364. The van der Waals surface area contributed by atoms with E-state index < -0.39 is 0 Å². The third kappa shape index (κ3) is 4.63. The Morgan fingerprint density at radius 3 is 3.00 bits per heavy atom. The van der Waals surface area contributed by atoms with Crippen molar-refractivity contribution in [1.82, 2.24) is 5.32 Å². The van der Waals surface area contributed by atoms with E-state index in [-0.39, 0.29) is 18.4 Å². The molecule has 0 fully saturated rings. The Hall–Kier alpha value is -1.07. The second-order valence-corrected chi connectivity index (χ2v) is 4.29. The summed E-state index contributed by atoms with van der Waals surface area (Å²) in [6, 6.07) is 3.51. The first kappa shape index (κ1) is 13.0. The maximum Gasteiger partial charge on any atom is 0.244 e. The third-order valence-electron chi connectivity index (χ3n) is 1.93. The van der Waals surface area contributed by atoms with Crippen LogP contribution >= 0.6 is 15.9 Å². The van der Waals surface area contributed by atoms with Gasteiger partial charge in [-0.1, -0.05) is 6.92 Å². The number of aliphatic hydroxyl groups is 1. The number of hydrogen-bond acceptors (Lipinski definition) is 3. The molecule has 0 aliphatic carbocycles. The van der Waals surface area contributed by atoms with E-state index in [0.717, 1.165) is 0 Å². The minimum atomic E-state index is -0.201. The predicted molar refractivity (Wildman–Crippen MR) is 64.7 cm³/mol. The van der Waals surface area contributed by atoms with Crippen molar-refractivity contribution in [2.75, 3.05) is 13.2 Å².